The number of hydrogen-bond acceptors (Lipinski definition) is 6. The van der Waals surface area contributed by atoms with Gasteiger partial charge in [0.2, 0.25) is 0 Å². The molecule has 6 nitrogen and oxygen atoms in total. The predicted molar refractivity (Wildman–Crippen MR) is 88.8 cm³/mol. The van der Waals surface area contributed by atoms with Gasteiger partial charge in [0.25, 0.3) is 0 Å². The zero-order valence-electron chi connectivity index (χ0n) is 13.1. The van der Waals surface area contributed by atoms with Gasteiger partial charge in [0.05, 0.1) is 5.56 Å². The summed E-state index contributed by atoms with van der Waals surface area (Å²) in [5.74, 6) is -1.25. The minimum Gasteiger partial charge on any atom is -0.459 e. The van der Waals surface area contributed by atoms with Crippen molar-refractivity contribution in [3.8, 4) is 0 Å². The van der Waals surface area contributed by atoms with E-state index in [1.807, 2.05) is 12.1 Å². The lowest BCUT2D eigenvalue weighted by Gasteiger charge is -2.29. The van der Waals surface area contributed by atoms with E-state index in [0.717, 1.165) is 3.57 Å². The standard InChI is InChI=1S/C16H19IO6/c1-15(2)22-12-14(23-15)21-11(16(12,3)19)8-20-13(18)9-6-4-5-7-10(9)17/h4-7,11-12,14,19H,8H2,1-3H3/t11-,12?,14+,16-/m0/s1. The first-order valence-corrected chi connectivity index (χ1v) is 8.44. The van der Waals surface area contributed by atoms with Gasteiger partial charge >= 0.3 is 5.97 Å². The maximum absolute atomic E-state index is 12.2. The molecule has 3 rings (SSSR count). The fourth-order valence-corrected chi connectivity index (χ4v) is 3.38. The molecule has 2 fully saturated rings. The molecule has 0 bridgehead atoms. The van der Waals surface area contributed by atoms with Crippen LogP contribution in [0.15, 0.2) is 24.3 Å². The fourth-order valence-electron chi connectivity index (χ4n) is 2.77. The molecule has 1 unspecified atom stereocenters. The van der Waals surface area contributed by atoms with Crippen molar-refractivity contribution in [1.29, 1.82) is 0 Å². The van der Waals surface area contributed by atoms with Crippen LogP contribution in [0.2, 0.25) is 0 Å². The highest BCUT2D eigenvalue weighted by Gasteiger charge is 2.61. The molecule has 0 aromatic heterocycles. The second kappa shape index (κ2) is 5.96. The van der Waals surface area contributed by atoms with Crippen LogP contribution < -0.4 is 0 Å². The van der Waals surface area contributed by atoms with Crippen LogP contribution in [0.3, 0.4) is 0 Å². The highest BCUT2D eigenvalue weighted by atomic mass is 127. The van der Waals surface area contributed by atoms with Crippen molar-refractivity contribution in [2.24, 2.45) is 0 Å². The van der Waals surface area contributed by atoms with Gasteiger partial charge in [0, 0.05) is 3.57 Å². The van der Waals surface area contributed by atoms with E-state index >= 15 is 0 Å². The van der Waals surface area contributed by atoms with Crippen molar-refractivity contribution < 1.29 is 28.8 Å². The lowest BCUT2D eigenvalue weighted by molar-refractivity contribution is -0.230. The number of carbonyl (C=O) groups excluding carboxylic acids is 1. The van der Waals surface area contributed by atoms with Gasteiger partial charge in [0.15, 0.2) is 12.1 Å². The first-order valence-electron chi connectivity index (χ1n) is 7.36. The van der Waals surface area contributed by atoms with Crippen molar-refractivity contribution in [3.63, 3.8) is 0 Å². The van der Waals surface area contributed by atoms with E-state index in [1.165, 1.54) is 0 Å². The summed E-state index contributed by atoms with van der Waals surface area (Å²) in [6, 6.07) is 7.14. The number of benzene rings is 1. The quantitative estimate of drug-likeness (QED) is 0.580. The molecule has 0 radical (unpaired) electrons. The van der Waals surface area contributed by atoms with Crippen molar-refractivity contribution in [2.45, 2.75) is 50.7 Å². The zero-order valence-corrected chi connectivity index (χ0v) is 15.3. The average molecular weight is 434 g/mol. The molecule has 1 aromatic rings. The second-order valence-corrected chi connectivity index (χ2v) is 7.52. The van der Waals surface area contributed by atoms with Crippen molar-refractivity contribution >= 4 is 28.6 Å². The highest BCUT2D eigenvalue weighted by molar-refractivity contribution is 14.1. The monoisotopic (exact) mass is 434 g/mol. The van der Waals surface area contributed by atoms with E-state index in [9.17, 15) is 9.90 Å². The summed E-state index contributed by atoms with van der Waals surface area (Å²) in [6.07, 6.45) is -1.99. The van der Waals surface area contributed by atoms with E-state index in [2.05, 4.69) is 22.6 Å². The Balaban J connectivity index is 1.64. The van der Waals surface area contributed by atoms with Gasteiger partial charge in [0.1, 0.15) is 24.4 Å². The first-order chi connectivity index (χ1) is 10.7. The molecule has 2 saturated heterocycles. The highest BCUT2D eigenvalue weighted by Crippen LogP contribution is 2.42. The maximum atomic E-state index is 12.2. The number of halogens is 1. The zero-order chi connectivity index (χ0) is 16.8. The van der Waals surface area contributed by atoms with Crippen LogP contribution in [0.25, 0.3) is 0 Å². The molecule has 7 heteroatoms. The third kappa shape index (κ3) is 3.25. The number of carbonyl (C=O) groups is 1. The average Bonchev–Trinajstić information content (AvgIpc) is 2.89. The number of esters is 1. The van der Waals surface area contributed by atoms with Gasteiger partial charge < -0.3 is 24.1 Å². The summed E-state index contributed by atoms with van der Waals surface area (Å²) in [7, 11) is 0. The number of hydrogen-bond donors (Lipinski definition) is 1. The minimum absolute atomic E-state index is 0.0725. The first kappa shape index (κ1) is 17.1. The van der Waals surface area contributed by atoms with E-state index in [0.29, 0.717) is 5.56 Å². The number of rotatable bonds is 3. The third-order valence-electron chi connectivity index (χ3n) is 4.04. The molecule has 2 aliphatic rings. The van der Waals surface area contributed by atoms with Gasteiger partial charge in [-0.15, -0.1) is 0 Å². The summed E-state index contributed by atoms with van der Waals surface area (Å²) in [6.45, 7) is 5.05. The smallest absolute Gasteiger partial charge is 0.339 e. The molecule has 2 aliphatic heterocycles. The molecule has 0 saturated carbocycles. The molecular weight excluding hydrogens is 415 g/mol. The van der Waals surface area contributed by atoms with Gasteiger partial charge in [-0.25, -0.2) is 4.79 Å². The molecule has 4 atom stereocenters. The van der Waals surface area contributed by atoms with Crippen LogP contribution in [-0.2, 0) is 18.9 Å². The molecular formula is C16H19IO6. The Morgan fingerprint density at radius 2 is 2.00 bits per heavy atom. The topological polar surface area (TPSA) is 74.2 Å². The third-order valence-corrected chi connectivity index (χ3v) is 4.98. The van der Waals surface area contributed by atoms with Crippen LogP contribution in [0.4, 0.5) is 0 Å². The number of fused-ring (bicyclic) bond motifs is 1. The Hall–Kier alpha value is -0.740. The lowest BCUT2D eigenvalue weighted by Crippen LogP contribution is -2.48. The van der Waals surface area contributed by atoms with E-state index < -0.39 is 35.9 Å². The molecule has 2 heterocycles. The Bertz CT molecular complexity index is 614. The summed E-state index contributed by atoms with van der Waals surface area (Å²) in [5, 5.41) is 10.7. The lowest BCUT2D eigenvalue weighted by atomic mass is 9.95. The summed E-state index contributed by atoms with van der Waals surface area (Å²) < 4.78 is 23.1. The van der Waals surface area contributed by atoms with Crippen molar-refractivity contribution in [1.82, 2.24) is 0 Å². The van der Waals surface area contributed by atoms with Gasteiger partial charge in [-0.1, -0.05) is 12.1 Å². The Kier molecular flexibility index (Phi) is 4.43. The van der Waals surface area contributed by atoms with Crippen LogP contribution in [0.1, 0.15) is 31.1 Å². The molecule has 1 aromatic carbocycles. The van der Waals surface area contributed by atoms with Crippen molar-refractivity contribution in [3.05, 3.63) is 33.4 Å². The van der Waals surface area contributed by atoms with E-state index in [1.54, 1.807) is 32.9 Å². The van der Waals surface area contributed by atoms with Crippen LogP contribution in [-0.4, -0.2) is 47.6 Å². The van der Waals surface area contributed by atoms with Crippen LogP contribution in [0.5, 0.6) is 0 Å². The maximum Gasteiger partial charge on any atom is 0.339 e. The summed E-state index contributed by atoms with van der Waals surface area (Å²) >= 11 is 2.07. The molecule has 0 spiro atoms. The largest absolute Gasteiger partial charge is 0.459 e. The Morgan fingerprint density at radius 1 is 1.30 bits per heavy atom. The molecule has 126 valence electrons. The molecule has 23 heavy (non-hydrogen) atoms. The Labute approximate surface area is 148 Å². The molecule has 1 N–H and O–H groups in total. The normalized spacial score (nSPS) is 35.1. The van der Waals surface area contributed by atoms with Crippen molar-refractivity contribution in [2.75, 3.05) is 6.61 Å². The van der Waals surface area contributed by atoms with Gasteiger partial charge in [-0.3, -0.25) is 0 Å². The Morgan fingerprint density at radius 3 is 2.65 bits per heavy atom. The number of ether oxygens (including phenoxy) is 4. The van der Waals surface area contributed by atoms with Gasteiger partial charge in [-0.2, -0.15) is 0 Å². The molecule has 0 aliphatic carbocycles. The minimum atomic E-state index is -1.30. The van der Waals surface area contributed by atoms with E-state index in [4.69, 9.17) is 18.9 Å². The van der Waals surface area contributed by atoms with Gasteiger partial charge in [-0.05, 0) is 55.5 Å². The van der Waals surface area contributed by atoms with Crippen LogP contribution in [0, 0.1) is 3.57 Å². The summed E-state index contributed by atoms with van der Waals surface area (Å²) in [5.41, 5.74) is -0.817. The van der Waals surface area contributed by atoms with E-state index in [-0.39, 0.29) is 6.61 Å². The summed E-state index contributed by atoms with van der Waals surface area (Å²) in [4.78, 5) is 12.2. The fraction of sp³-hybridized carbons (Fsp3) is 0.562. The molecule has 0 amide bonds. The number of aliphatic hydroxyl groups is 1. The predicted octanol–water partition coefficient (Wildman–Crippen LogP) is 2.08. The SMILES string of the molecule is CC1(C)OC2[C@H](O[C@@H](COC(=O)c3ccccc3I)[C@]2(C)O)O1. The van der Waals surface area contributed by atoms with Crippen LogP contribution >= 0.6 is 22.6 Å². The second-order valence-electron chi connectivity index (χ2n) is 6.35.